The molecular weight excluding hydrogens is 386 g/mol. The minimum atomic E-state index is -0.0586. The number of nitrogens with zero attached hydrogens (tertiary/aromatic N) is 2. The van der Waals surface area contributed by atoms with Gasteiger partial charge in [-0.25, -0.2) is 4.98 Å². The second kappa shape index (κ2) is 7.97. The summed E-state index contributed by atoms with van der Waals surface area (Å²) in [6.45, 7) is 2.00. The van der Waals surface area contributed by atoms with Crippen molar-refractivity contribution in [2.45, 2.75) is 13.3 Å². The van der Waals surface area contributed by atoms with Crippen molar-refractivity contribution in [2.24, 2.45) is 0 Å². The Kier molecular flexibility index (Phi) is 5.22. The second-order valence-corrected chi connectivity index (χ2v) is 7.51. The number of aryl methyl sites for hydroxylation is 1. The van der Waals surface area contributed by atoms with Gasteiger partial charge < -0.3 is 14.8 Å². The third-order valence-corrected chi connectivity index (χ3v) is 5.49. The molecule has 2 heterocycles. The molecule has 2 aromatic carbocycles. The molecule has 1 N–H and O–H groups in total. The highest BCUT2D eigenvalue weighted by Crippen LogP contribution is 2.32. The van der Waals surface area contributed by atoms with Crippen LogP contribution >= 0.6 is 11.3 Å². The summed E-state index contributed by atoms with van der Waals surface area (Å²) in [6, 6.07) is 13.5. The first kappa shape index (κ1) is 19.0. The van der Waals surface area contributed by atoms with Crippen LogP contribution in [0.5, 0.6) is 11.5 Å². The van der Waals surface area contributed by atoms with Crippen LogP contribution < -0.4 is 14.8 Å². The van der Waals surface area contributed by atoms with Crippen molar-refractivity contribution in [3.05, 3.63) is 65.3 Å². The van der Waals surface area contributed by atoms with Crippen LogP contribution in [0.25, 0.3) is 16.2 Å². The summed E-state index contributed by atoms with van der Waals surface area (Å²) < 4.78 is 12.6. The van der Waals surface area contributed by atoms with Crippen LogP contribution in [0.2, 0.25) is 0 Å². The summed E-state index contributed by atoms with van der Waals surface area (Å²) in [5.41, 5.74) is 4.55. The van der Waals surface area contributed by atoms with Gasteiger partial charge in [-0.2, -0.15) is 0 Å². The fraction of sp³-hybridized carbons (Fsp3) is 0.182. The zero-order valence-electron chi connectivity index (χ0n) is 16.4. The molecule has 0 radical (unpaired) electrons. The van der Waals surface area contributed by atoms with Gasteiger partial charge in [0, 0.05) is 28.5 Å². The Balaban J connectivity index is 1.57. The summed E-state index contributed by atoms with van der Waals surface area (Å²) in [4.78, 5) is 18.0. The number of benzene rings is 2. The maximum Gasteiger partial charge on any atom is 0.230 e. The Morgan fingerprint density at radius 3 is 2.72 bits per heavy atom. The van der Waals surface area contributed by atoms with E-state index in [4.69, 9.17) is 14.5 Å². The van der Waals surface area contributed by atoms with Crippen molar-refractivity contribution in [1.29, 1.82) is 0 Å². The Hall–Kier alpha value is -3.32. The van der Waals surface area contributed by atoms with E-state index in [1.54, 1.807) is 14.2 Å². The molecule has 1 amide bonds. The minimum Gasteiger partial charge on any atom is -0.493 e. The number of rotatable bonds is 6. The number of anilines is 1. The van der Waals surface area contributed by atoms with Gasteiger partial charge in [-0.05, 0) is 42.8 Å². The quantitative estimate of drug-likeness (QED) is 0.509. The summed E-state index contributed by atoms with van der Waals surface area (Å²) in [7, 11) is 3.22. The van der Waals surface area contributed by atoms with Crippen molar-refractivity contribution < 1.29 is 14.3 Å². The van der Waals surface area contributed by atoms with Crippen LogP contribution in [0.3, 0.4) is 0 Å². The molecule has 148 valence electrons. The van der Waals surface area contributed by atoms with Crippen molar-refractivity contribution in [2.75, 3.05) is 19.5 Å². The van der Waals surface area contributed by atoms with Crippen molar-refractivity contribution in [3.63, 3.8) is 0 Å². The molecule has 4 rings (SSSR count). The molecule has 7 heteroatoms. The number of carbonyl (C=O) groups excluding carboxylic acids is 1. The van der Waals surface area contributed by atoms with Crippen LogP contribution in [-0.2, 0) is 11.2 Å². The van der Waals surface area contributed by atoms with E-state index in [0.29, 0.717) is 11.5 Å². The van der Waals surface area contributed by atoms with E-state index in [9.17, 15) is 4.79 Å². The van der Waals surface area contributed by atoms with Crippen LogP contribution in [0.1, 0.15) is 11.3 Å². The van der Waals surface area contributed by atoms with Gasteiger partial charge in [0.1, 0.15) is 0 Å². The number of amides is 1. The Bertz CT molecular complexity index is 1180. The average molecular weight is 407 g/mol. The molecule has 4 aromatic rings. The van der Waals surface area contributed by atoms with E-state index < -0.39 is 0 Å². The summed E-state index contributed by atoms with van der Waals surface area (Å²) in [5.74, 6) is 1.27. The topological polar surface area (TPSA) is 64.9 Å². The number of nitrogens with one attached hydrogen (secondary N) is 1. The van der Waals surface area contributed by atoms with Gasteiger partial charge in [0.2, 0.25) is 5.91 Å². The Labute approximate surface area is 172 Å². The van der Waals surface area contributed by atoms with Crippen LogP contribution in [0.15, 0.2) is 54.0 Å². The minimum absolute atomic E-state index is 0.0586. The standard InChI is InChI=1S/C22H21N3O3S/c1-14-5-4-6-16(9-14)23-21(26)11-17-13-29-22-24-18(12-25(17)22)15-7-8-19(27-2)20(10-15)28-3/h4-10,12-13H,11H2,1-3H3,(H,23,26). The molecule has 0 aliphatic heterocycles. The van der Waals surface area contributed by atoms with Crippen LogP contribution in [0.4, 0.5) is 5.69 Å². The van der Waals surface area contributed by atoms with Gasteiger partial charge in [-0.1, -0.05) is 12.1 Å². The molecule has 0 saturated carbocycles. The summed E-state index contributed by atoms with van der Waals surface area (Å²) >= 11 is 1.51. The maximum atomic E-state index is 12.5. The smallest absolute Gasteiger partial charge is 0.230 e. The van der Waals surface area contributed by atoms with Crippen LogP contribution in [0, 0.1) is 6.92 Å². The van der Waals surface area contributed by atoms with E-state index in [0.717, 1.165) is 33.2 Å². The number of hydrogen-bond donors (Lipinski definition) is 1. The first-order valence-corrected chi connectivity index (χ1v) is 9.99. The lowest BCUT2D eigenvalue weighted by atomic mass is 10.1. The fourth-order valence-electron chi connectivity index (χ4n) is 3.18. The number of aromatic nitrogens is 2. The number of imidazole rings is 1. The average Bonchev–Trinajstić information content (AvgIpc) is 3.29. The summed E-state index contributed by atoms with van der Waals surface area (Å²) in [5, 5.41) is 4.92. The molecular formula is C22H21N3O3S. The number of carbonyl (C=O) groups is 1. The second-order valence-electron chi connectivity index (χ2n) is 6.67. The predicted octanol–water partition coefficient (Wildman–Crippen LogP) is 4.57. The lowest BCUT2D eigenvalue weighted by Gasteiger charge is -2.08. The zero-order valence-corrected chi connectivity index (χ0v) is 17.2. The molecule has 0 aliphatic carbocycles. The van der Waals surface area contributed by atoms with Gasteiger partial charge in [0.05, 0.1) is 26.3 Å². The first-order chi connectivity index (χ1) is 14.1. The van der Waals surface area contributed by atoms with E-state index in [2.05, 4.69) is 5.32 Å². The van der Waals surface area contributed by atoms with Gasteiger partial charge in [-0.3, -0.25) is 9.20 Å². The molecule has 0 fully saturated rings. The van der Waals surface area contributed by atoms with E-state index in [-0.39, 0.29) is 12.3 Å². The van der Waals surface area contributed by atoms with Crippen LogP contribution in [-0.4, -0.2) is 29.5 Å². The largest absolute Gasteiger partial charge is 0.493 e. The third-order valence-electron chi connectivity index (χ3n) is 4.61. The van der Waals surface area contributed by atoms with E-state index >= 15 is 0 Å². The third kappa shape index (κ3) is 3.95. The zero-order chi connectivity index (χ0) is 20.4. The molecule has 6 nitrogen and oxygen atoms in total. The van der Waals surface area contributed by atoms with Gasteiger partial charge in [0.25, 0.3) is 0 Å². The monoisotopic (exact) mass is 407 g/mol. The first-order valence-electron chi connectivity index (χ1n) is 9.12. The molecule has 2 aromatic heterocycles. The maximum absolute atomic E-state index is 12.5. The molecule has 29 heavy (non-hydrogen) atoms. The van der Waals surface area contributed by atoms with Gasteiger partial charge >= 0.3 is 0 Å². The predicted molar refractivity (Wildman–Crippen MR) is 115 cm³/mol. The fourth-order valence-corrected chi connectivity index (χ4v) is 4.06. The number of ether oxygens (including phenoxy) is 2. The van der Waals surface area contributed by atoms with E-state index in [1.807, 2.05) is 65.4 Å². The highest BCUT2D eigenvalue weighted by atomic mass is 32.1. The highest BCUT2D eigenvalue weighted by molar-refractivity contribution is 7.15. The van der Waals surface area contributed by atoms with Crippen molar-refractivity contribution >= 4 is 27.9 Å². The van der Waals surface area contributed by atoms with Gasteiger partial charge in [-0.15, -0.1) is 11.3 Å². The number of thiazole rings is 1. The Morgan fingerprint density at radius 1 is 1.14 bits per heavy atom. The lowest BCUT2D eigenvalue weighted by molar-refractivity contribution is -0.115. The Morgan fingerprint density at radius 2 is 1.97 bits per heavy atom. The highest BCUT2D eigenvalue weighted by Gasteiger charge is 2.14. The summed E-state index contributed by atoms with van der Waals surface area (Å²) in [6.07, 6.45) is 2.22. The molecule has 0 unspecified atom stereocenters. The molecule has 0 bridgehead atoms. The normalized spacial score (nSPS) is 10.9. The van der Waals surface area contributed by atoms with Crippen molar-refractivity contribution in [1.82, 2.24) is 9.38 Å². The molecule has 0 saturated heterocycles. The molecule has 0 aliphatic rings. The lowest BCUT2D eigenvalue weighted by Crippen LogP contribution is -2.15. The van der Waals surface area contributed by atoms with E-state index in [1.165, 1.54) is 11.3 Å². The van der Waals surface area contributed by atoms with Crippen molar-refractivity contribution in [3.8, 4) is 22.8 Å². The number of hydrogen-bond acceptors (Lipinski definition) is 5. The number of methoxy groups -OCH3 is 2. The molecule has 0 spiro atoms. The number of fused-ring (bicyclic) bond motifs is 1. The van der Waals surface area contributed by atoms with Gasteiger partial charge in [0.15, 0.2) is 16.5 Å². The SMILES string of the molecule is COc1ccc(-c2cn3c(CC(=O)Nc4cccc(C)c4)csc3n2)cc1OC. The molecule has 0 atom stereocenters.